The van der Waals surface area contributed by atoms with Crippen molar-refractivity contribution in [1.82, 2.24) is 25.9 Å². The first-order valence-electron chi connectivity index (χ1n) is 24.1. The molecule has 0 aromatic carbocycles. The Morgan fingerprint density at radius 3 is 1.08 bits per heavy atom. The van der Waals surface area contributed by atoms with Crippen LogP contribution in [-0.2, 0) is 9.57 Å². The smallest absolute Gasteiger partial charge is 0.0876 e. The van der Waals surface area contributed by atoms with Gasteiger partial charge in [-0.2, -0.15) is 0 Å². The highest BCUT2D eigenvalue weighted by atomic mass is 16.7. The summed E-state index contributed by atoms with van der Waals surface area (Å²) in [5.74, 6) is 0. The third-order valence-electron chi connectivity index (χ3n) is 9.16. The van der Waals surface area contributed by atoms with Crippen molar-refractivity contribution in [2.75, 3.05) is 39.4 Å². The minimum Gasteiger partial charge on any atom is -0.384 e. The summed E-state index contributed by atoms with van der Waals surface area (Å²) in [6.07, 6.45) is 12.1. The zero-order valence-electron chi connectivity index (χ0n) is 45.6. The summed E-state index contributed by atoms with van der Waals surface area (Å²) >= 11 is 0. The zero-order valence-corrected chi connectivity index (χ0v) is 45.6. The van der Waals surface area contributed by atoms with Gasteiger partial charge in [0.1, 0.15) is 0 Å². The van der Waals surface area contributed by atoms with Crippen LogP contribution in [-0.4, -0.2) is 66.4 Å². The van der Waals surface area contributed by atoms with Gasteiger partial charge >= 0.3 is 0 Å². The molecule has 0 amide bonds. The van der Waals surface area contributed by atoms with E-state index in [1.54, 1.807) is 0 Å². The first-order chi connectivity index (χ1) is 27.7. The first-order valence-corrected chi connectivity index (χ1v) is 24.1. The van der Waals surface area contributed by atoms with Crippen LogP contribution >= 0.6 is 0 Å². The lowest BCUT2D eigenvalue weighted by Crippen LogP contribution is -2.45. The highest BCUT2D eigenvalue weighted by Crippen LogP contribution is 2.29. The van der Waals surface area contributed by atoms with E-state index in [9.17, 15) is 0 Å². The van der Waals surface area contributed by atoms with E-state index in [0.29, 0.717) is 27.7 Å². The molecule has 0 aliphatic carbocycles. The van der Waals surface area contributed by atoms with Crippen LogP contribution in [0.2, 0.25) is 0 Å². The summed E-state index contributed by atoms with van der Waals surface area (Å²) in [4.78, 5) is 10.3. The Balaban J connectivity index is -0.000000712. The molecule has 3 fully saturated rings. The van der Waals surface area contributed by atoms with E-state index in [-0.39, 0.29) is 24.0 Å². The fourth-order valence-corrected chi connectivity index (χ4v) is 7.11. The maximum absolute atomic E-state index is 5.39. The quantitative estimate of drug-likeness (QED) is 0.169. The van der Waals surface area contributed by atoms with Gasteiger partial charge in [0.05, 0.1) is 24.9 Å². The minimum atomic E-state index is -0.166. The highest BCUT2D eigenvalue weighted by molar-refractivity contribution is 5.01. The number of likely N-dealkylation sites (tertiary alicyclic amines) is 2. The van der Waals surface area contributed by atoms with Crippen LogP contribution in [0, 0.1) is 27.1 Å². The van der Waals surface area contributed by atoms with Crippen LogP contribution in [0.15, 0.2) is 61.4 Å². The van der Waals surface area contributed by atoms with Crippen molar-refractivity contribution in [3.05, 3.63) is 61.4 Å². The van der Waals surface area contributed by atoms with Gasteiger partial charge in [0.15, 0.2) is 0 Å². The van der Waals surface area contributed by atoms with Crippen molar-refractivity contribution in [2.45, 2.75) is 234 Å². The second-order valence-electron chi connectivity index (χ2n) is 26.4. The van der Waals surface area contributed by atoms with Crippen LogP contribution < -0.4 is 16.1 Å². The summed E-state index contributed by atoms with van der Waals surface area (Å²) in [7, 11) is 0. The van der Waals surface area contributed by atoms with Crippen molar-refractivity contribution in [1.29, 1.82) is 0 Å². The second kappa shape index (κ2) is 28.6. The molecule has 63 heavy (non-hydrogen) atoms. The highest BCUT2D eigenvalue weighted by Gasteiger charge is 2.22. The molecular formula is C56H113N5O2. The second-order valence-corrected chi connectivity index (χ2v) is 26.4. The molecule has 3 N–H and O–H groups in total. The molecular weight excluding hydrogens is 775 g/mol. The number of ether oxygens (including phenoxy) is 1. The predicted octanol–water partition coefficient (Wildman–Crippen LogP) is 15.6. The molecule has 0 spiro atoms. The molecule has 7 nitrogen and oxygen atoms in total. The van der Waals surface area contributed by atoms with Gasteiger partial charge in [-0.25, -0.2) is 0 Å². The van der Waals surface area contributed by atoms with Gasteiger partial charge in [-0.1, -0.05) is 144 Å². The molecule has 0 unspecified atom stereocenters. The predicted molar refractivity (Wildman–Crippen MR) is 284 cm³/mol. The largest absolute Gasteiger partial charge is 0.384 e. The van der Waals surface area contributed by atoms with Gasteiger partial charge in [-0.3, -0.25) is 10.3 Å². The van der Waals surface area contributed by atoms with Crippen molar-refractivity contribution in [2.24, 2.45) is 27.1 Å². The van der Waals surface area contributed by atoms with E-state index in [1.807, 2.05) is 20.8 Å². The molecule has 0 atom stereocenters. The molecule has 0 saturated carbocycles. The lowest BCUT2D eigenvalue weighted by atomic mass is 9.90. The van der Waals surface area contributed by atoms with Gasteiger partial charge in [0.2, 0.25) is 0 Å². The fourth-order valence-electron chi connectivity index (χ4n) is 7.11. The maximum Gasteiger partial charge on any atom is 0.0876 e. The van der Waals surface area contributed by atoms with E-state index in [4.69, 9.17) is 9.57 Å². The van der Waals surface area contributed by atoms with Crippen LogP contribution in [0.4, 0.5) is 0 Å². The number of nitrogens with one attached hydrogen (secondary N) is 3. The van der Waals surface area contributed by atoms with Crippen LogP contribution in [0.3, 0.4) is 0 Å². The first kappa shape index (κ1) is 64.9. The molecule has 3 rings (SSSR count). The third kappa shape index (κ3) is 44.6. The van der Waals surface area contributed by atoms with Gasteiger partial charge in [-0.15, -0.1) is 0 Å². The Labute approximate surface area is 396 Å². The Kier molecular flexibility index (Phi) is 29.5. The van der Waals surface area contributed by atoms with E-state index in [0.717, 1.165) is 62.4 Å². The number of rotatable bonds is 12. The Morgan fingerprint density at radius 2 is 0.794 bits per heavy atom. The Bertz CT molecular complexity index is 1280. The van der Waals surface area contributed by atoms with Crippen molar-refractivity contribution in [3.63, 3.8) is 0 Å². The minimum absolute atomic E-state index is 0. The summed E-state index contributed by atoms with van der Waals surface area (Å²) in [5, 5.41) is 6.73. The summed E-state index contributed by atoms with van der Waals surface area (Å²) < 4.78 is 5.06. The maximum atomic E-state index is 5.39. The van der Waals surface area contributed by atoms with Crippen molar-refractivity contribution >= 4 is 0 Å². The Morgan fingerprint density at radius 1 is 0.476 bits per heavy atom. The van der Waals surface area contributed by atoms with E-state index < -0.39 is 0 Å². The molecule has 0 bridgehead atoms. The van der Waals surface area contributed by atoms with Crippen LogP contribution in [0.25, 0.3) is 0 Å². The average molecular weight is 889 g/mol. The van der Waals surface area contributed by atoms with E-state index >= 15 is 0 Å². The lowest BCUT2D eigenvalue weighted by Gasteiger charge is -2.33. The summed E-state index contributed by atoms with van der Waals surface area (Å²) in [6, 6.07) is 0.514. The molecule has 3 saturated heterocycles. The average Bonchev–Trinajstić information content (AvgIpc) is 3.54. The number of allylic oxidation sites excluding steroid dienone is 5. The number of hydrogen-bond acceptors (Lipinski definition) is 7. The summed E-state index contributed by atoms with van der Waals surface area (Å²) in [6.45, 7) is 72.8. The fraction of sp³-hybridized carbons (Fsp3) is 0.821. The zero-order chi connectivity index (χ0) is 49.0. The van der Waals surface area contributed by atoms with E-state index in [1.165, 1.54) is 69.7 Å². The SMILES string of the molecule is C.C=C(CC(C)(C)C)N1CCCC1.C=C(CC(C)(C)C)N1CCCCC1.C=C(CC(C)(C)C)NC(C)(C)C.C=C(CC(C)(C)C)NC1COC1.C=C(CC(C)(C)C)NOC(C)(C)C. The van der Waals surface area contributed by atoms with Crippen molar-refractivity contribution < 1.29 is 9.57 Å². The monoisotopic (exact) mass is 888 g/mol. The molecule has 3 aliphatic rings. The van der Waals surface area contributed by atoms with Gasteiger partial charge in [-0.05, 0) is 133 Å². The number of piperidine rings is 1. The number of hydroxylamine groups is 1. The van der Waals surface area contributed by atoms with E-state index in [2.05, 4.69) is 183 Å². The molecule has 374 valence electrons. The van der Waals surface area contributed by atoms with Gasteiger partial charge < -0.3 is 25.2 Å². The topological polar surface area (TPSA) is 61.0 Å². The number of hydrogen-bond donors (Lipinski definition) is 3. The molecule has 0 aromatic rings. The van der Waals surface area contributed by atoms with Crippen LogP contribution in [0.1, 0.15) is 217 Å². The number of nitrogens with zero attached hydrogens (tertiary/aromatic N) is 2. The molecule has 0 radical (unpaired) electrons. The molecule has 3 heterocycles. The standard InChI is InChI=1S/C12H23N.C11H23NO.C11H21N.C11H23N.C10H19NO.CH4/c1-11(10-12(2,3)4)13-8-6-5-7-9-13;1-9(8-10(2,3)4)12-13-11(5,6)7;1-10(9-11(2,3)4)12-7-5-6-8-12;1-9(8-10(2,3)4)12-11(5,6)7;1-8(5-10(2,3)4)11-9-6-12-7-9;/h1,5-10H2,2-4H3;12H,1,8H2,2-7H3;1,5-9H2,2-4H3;12H,1,8H2,2-7H3;9,11H,1,5-7H2,2-4H3;1H4. The van der Waals surface area contributed by atoms with Crippen LogP contribution in [0.5, 0.6) is 0 Å². The lowest BCUT2D eigenvalue weighted by molar-refractivity contribution is -0.0602. The summed E-state index contributed by atoms with van der Waals surface area (Å²) in [5.41, 5.74) is 10.4. The molecule has 0 aromatic heterocycles. The van der Waals surface area contributed by atoms with Crippen molar-refractivity contribution in [3.8, 4) is 0 Å². The molecule has 3 aliphatic heterocycles. The Hall–Kier alpha value is -2.38. The molecule has 7 heteroatoms. The van der Waals surface area contributed by atoms with Gasteiger partial charge in [0.25, 0.3) is 0 Å². The third-order valence-corrected chi connectivity index (χ3v) is 9.16. The van der Waals surface area contributed by atoms with Gasteiger partial charge in [0, 0.05) is 60.2 Å². The normalized spacial score (nSPS) is 16.0.